The van der Waals surface area contributed by atoms with Gasteiger partial charge in [-0.15, -0.1) is 0 Å². The molecule has 3 N–H and O–H groups in total. The second-order valence-electron chi connectivity index (χ2n) is 4.22. The topological polar surface area (TPSA) is 107 Å². The Morgan fingerprint density at radius 3 is 2.85 bits per heavy atom. The summed E-state index contributed by atoms with van der Waals surface area (Å²) in [6.07, 6.45) is 2.03. The monoisotopic (exact) mass is 281 g/mol. The average molecular weight is 281 g/mol. The Morgan fingerprint density at radius 2 is 2.20 bits per heavy atom. The number of para-hydroxylation sites is 1. The van der Waals surface area contributed by atoms with Crippen LogP contribution in [0.2, 0.25) is 0 Å². The first-order valence-corrected chi connectivity index (χ1v) is 6.46. The van der Waals surface area contributed by atoms with Crippen molar-refractivity contribution in [1.29, 1.82) is 0 Å². The molecule has 0 aromatic heterocycles. The minimum absolute atomic E-state index is 0.104. The molecule has 0 heterocycles. The maximum atomic E-state index is 11.9. The Hall–Kier alpha value is -2.15. The van der Waals surface area contributed by atoms with Gasteiger partial charge in [0.05, 0.1) is 17.1 Å². The number of rotatable bonds is 8. The van der Waals surface area contributed by atoms with E-state index in [0.29, 0.717) is 19.8 Å². The average Bonchev–Trinajstić information content (AvgIpc) is 2.42. The maximum absolute atomic E-state index is 11.9. The fourth-order valence-electron chi connectivity index (χ4n) is 1.59. The molecule has 0 saturated carbocycles. The van der Waals surface area contributed by atoms with Gasteiger partial charge in [0.1, 0.15) is 5.69 Å². The van der Waals surface area contributed by atoms with Crippen LogP contribution < -0.4 is 11.1 Å². The van der Waals surface area contributed by atoms with Crippen molar-refractivity contribution in [3.63, 3.8) is 0 Å². The van der Waals surface area contributed by atoms with Crippen LogP contribution in [0.3, 0.4) is 0 Å². The normalized spacial score (nSPS) is 10.2. The second-order valence-corrected chi connectivity index (χ2v) is 4.22. The second kappa shape index (κ2) is 8.11. The lowest BCUT2D eigenvalue weighted by Gasteiger charge is -2.08. The van der Waals surface area contributed by atoms with Crippen molar-refractivity contribution in [3.05, 3.63) is 33.9 Å². The van der Waals surface area contributed by atoms with Crippen LogP contribution >= 0.6 is 0 Å². The number of unbranched alkanes of at least 4 members (excludes halogenated alkanes) is 1. The summed E-state index contributed by atoms with van der Waals surface area (Å²) < 4.78 is 5.30. The van der Waals surface area contributed by atoms with Crippen LogP contribution in [0.15, 0.2) is 18.2 Å². The molecule has 0 aliphatic heterocycles. The number of anilines is 1. The molecule has 7 nitrogen and oxygen atoms in total. The highest BCUT2D eigenvalue weighted by atomic mass is 16.6. The van der Waals surface area contributed by atoms with Crippen LogP contribution in [0.5, 0.6) is 0 Å². The van der Waals surface area contributed by atoms with E-state index in [2.05, 4.69) is 12.2 Å². The molecule has 0 aliphatic rings. The lowest BCUT2D eigenvalue weighted by Crippen LogP contribution is -2.28. The third-order valence-electron chi connectivity index (χ3n) is 2.70. The largest absolute Gasteiger partial charge is 0.393 e. The highest BCUT2D eigenvalue weighted by molar-refractivity contribution is 6.00. The minimum atomic E-state index is -0.611. The lowest BCUT2D eigenvalue weighted by molar-refractivity contribution is -0.383. The van der Waals surface area contributed by atoms with Crippen molar-refractivity contribution in [1.82, 2.24) is 5.32 Å². The minimum Gasteiger partial charge on any atom is -0.393 e. The molecule has 0 radical (unpaired) electrons. The molecule has 0 aliphatic carbocycles. The molecule has 110 valence electrons. The molecule has 0 spiro atoms. The van der Waals surface area contributed by atoms with Gasteiger partial charge in [-0.3, -0.25) is 14.9 Å². The van der Waals surface area contributed by atoms with Crippen LogP contribution in [-0.4, -0.2) is 30.6 Å². The van der Waals surface area contributed by atoms with Crippen LogP contribution in [-0.2, 0) is 4.74 Å². The molecule has 20 heavy (non-hydrogen) atoms. The van der Waals surface area contributed by atoms with Gasteiger partial charge in [-0.2, -0.15) is 0 Å². The Balaban J connectivity index is 2.52. The first-order chi connectivity index (χ1) is 9.57. The van der Waals surface area contributed by atoms with Crippen LogP contribution in [0.4, 0.5) is 11.4 Å². The van der Waals surface area contributed by atoms with Gasteiger partial charge >= 0.3 is 0 Å². The highest BCUT2D eigenvalue weighted by Gasteiger charge is 2.18. The molecule has 0 unspecified atom stereocenters. The number of ether oxygens (including phenoxy) is 1. The van der Waals surface area contributed by atoms with Crippen molar-refractivity contribution in [2.45, 2.75) is 19.8 Å². The van der Waals surface area contributed by atoms with E-state index in [1.807, 2.05) is 0 Å². The summed E-state index contributed by atoms with van der Waals surface area (Å²) in [5.41, 5.74) is 5.34. The molecule has 0 fully saturated rings. The van der Waals surface area contributed by atoms with Gasteiger partial charge in [-0.1, -0.05) is 19.4 Å². The van der Waals surface area contributed by atoms with Crippen molar-refractivity contribution < 1.29 is 14.5 Å². The van der Waals surface area contributed by atoms with Gasteiger partial charge in [0.15, 0.2) is 0 Å². The van der Waals surface area contributed by atoms with Gasteiger partial charge in [-0.25, -0.2) is 0 Å². The van der Waals surface area contributed by atoms with Crippen LogP contribution in [0.1, 0.15) is 30.1 Å². The zero-order chi connectivity index (χ0) is 15.0. The number of hydrogen-bond donors (Lipinski definition) is 2. The number of nitrogens with one attached hydrogen (secondary N) is 1. The molecule has 0 saturated heterocycles. The fraction of sp³-hybridized carbons (Fsp3) is 0.462. The zero-order valence-electron chi connectivity index (χ0n) is 11.4. The molecule has 0 bridgehead atoms. The Morgan fingerprint density at radius 1 is 1.45 bits per heavy atom. The number of hydrogen-bond acceptors (Lipinski definition) is 5. The molecule has 1 rings (SSSR count). The van der Waals surface area contributed by atoms with E-state index >= 15 is 0 Å². The first-order valence-electron chi connectivity index (χ1n) is 6.46. The van der Waals surface area contributed by atoms with Gasteiger partial charge in [0.2, 0.25) is 0 Å². The predicted octanol–water partition coefficient (Wildman–Crippen LogP) is 1.72. The van der Waals surface area contributed by atoms with Gasteiger partial charge < -0.3 is 15.8 Å². The summed E-state index contributed by atoms with van der Waals surface area (Å²) in [5.74, 6) is -0.440. The smallest absolute Gasteiger partial charge is 0.292 e. The number of nitrogens with two attached hydrogens (primary N) is 1. The summed E-state index contributed by atoms with van der Waals surface area (Å²) in [6, 6.07) is 4.15. The third kappa shape index (κ3) is 4.51. The predicted molar refractivity (Wildman–Crippen MR) is 75.6 cm³/mol. The number of nitro benzene ring substituents is 1. The van der Waals surface area contributed by atoms with Crippen LogP contribution in [0, 0.1) is 10.1 Å². The number of nitrogens with zero attached hydrogens (tertiary/aromatic N) is 1. The Bertz CT molecular complexity index is 477. The molecule has 1 aromatic carbocycles. The molecular formula is C13H19N3O4. The summed E-state index contributed by atoms with van der Waals surface area (Å²) >= 11 is 0. The number of nitrogen functional groups attached to an aromatic ring is 1. The van der Waals surface area contributed by atoms with Crippen LogP contribution in [0.25, 0.3) is 0 Å². The number of amides is 1. The molecule has 0 atom stereocenters. The van der Waals surface area contributed by atoms with E-state index in [-0.39, 0.29) is 16.9 Å². The fourth-order valence-corrected chi connectivity index (χ4v) is 1.59. The quantitative estimate of drug-likeness (QED) is 0.326. The van der Waals surface area contributed by atoms with Crippen molar-refractivity contribution in [3.8, 4) is 0 Å². The summed E-state index contributed by atoms with van der Waals surface area (Å²) in [7, 11) is 0. The van der Waals surface area contributed by atoms with Gasteiger partial charge in [0.25, 0.3) is 11.6 Å². The zero-order valence-corrected chi connectivity index (χ0v) is 11.4. The van der Waals surface area contributed by atoms with Crippen molar-refractivity contribution >= 4 is 17.3 Å². The van der Waals surface area contributed by atoms with E-state index in [1.165, 1.54) is 18.2 Å². The van der Waals surface area contributed by atoms with E-state index < -0.39 is 10.8 Å². The van der Waals surface area contributed by atoms with E-state index in [9.17, 15) is 14.9 Å². The highest BCUT2D eigenvalue weighted by Crippen LogP contribution is 2.24. The first kappa shape index (κ1) is 15.9. The summed E-state index contributed by atoms with van der Waals surface area (Å²) in [6.45, 7) is 3.47. The van der Waals surface area contributed by atoms with E-state index in [0.717, 1.165) is 12.8 Å². The Labute approximate surface area is 117 Å². The number of benzene rings is 1. The summed E-state index contributed by atoms with van der Waals surface area (Å²) in [5, 5.41) is 13.3. The number of carbonyl (C=O) groups is 1. The van der Waals surface area contributed by atoms with E-state index in [4.69, 9.17) is 10.5 Å². The molecule has 7 heteroatoms. The SMILES string of the molecule is CCCCOCCNC(=O)c1cccc([N+](=O)[O-])c1N. The lowest BCUT2D eigenvalue weighted by atomic mass is 10.1. The summed E-state index contributed by atoms with van der Waals surface area (Å²) in [4.78, 5) is 22.0. The number of carbonyl (C=O) groups excluding carboxylic acids is 1. The van der Waals surface area contributed by atoms with Gasteiger partial charge in [0, 0.05) is 19.2 Å². The third-order valence-corrected chi connectivity index (χ3v) is 2.70. The molecular weight excluding hydrogens is 262 g/mol. The number of nitro groups is 1. The van der Waals surface area contributed by atoms with Crippen molar-refractivity contribution in [2.75, 3.05) is 25.5 Å². The molecule has 1 amide bonds. The van der Waals surface area contributed by atoms with Crippen molar-refractivity contribution in [2.24, 2.45) is 0 Å². The standard InChI is InChI=1S/C13H19N3O4/c1-2-3-8-20-9-7-15-13(17)10-5-4-6-11(12(10)14)16(18)19/h4-6H,2-3,7-9,14H2,1H3,(H,15,17). The van der Waals surface area contributed by atoms with E-state index in [1.54, 1.807) is 0 Å². The maximum Gasteiger partial charge on any atom is 0.292 e. The van der Waals surface area contributed by atoms with Gasteiger partial charge in [-0.05, 0) is 12.5 Å². The Kier molecular flexibility index (Phi) is 6.45. The molecule has 1 aromatic rings.